The van der Waals surface area contributed by atoms with E-state index in [0.29, 0.717) is 0 Å². The Morgan fingerprint density at radius 1 is 1.23 bits per heavy atom. The van der Waals surface area contributed by atoms with Crippen molar-refractivity contribution in [1.82, 2.24) is 4.90 Å². The smallest absolute Gasteiger partial charge is 0.400 e. The lowest BCUT2D eigenvalue weighted by molar-refractivity contribution is 0.00578. The summed E-state index contributed by atoms with van der Waals surface area (Å²) in [5, 5.41) is 0. The summed E-state index contributed by atoms with van der Waals surface area (Å²) in [6.07, 6.45) is 4.33. The fraction of sp³-hybridized carbons (Fsp3) is 0.778. The molecule has 2 rings (SSSR count). The van der Waals surface area contributed by atoms with Gasteiger partial charge in [0.1, 0.15) is 0 Å². The molecule has 0 unspecified atom stereocenters. The highest BCUT2D eigenvalue weighted by molar-refractivity contribution is 6.54. The SMILES string of the molecule is C=C(CC(C)(C)C)N1CCC=C(B2OC(C)(C)C(C)(C)O2)C1. The van der Waals surface area contributed by atoms with Gasteiger partial charge in [-0.3, -0.25) is 0 Å². The Balaban J connectivity index is 2.03. The van der Waals surface area contributed by atoms with Gasteiger partial charge in [0.2, 0.25) is 0 Å². The van der Waals surface area contributed by atoms with Gasteiger partial charge in [0.15, 0.2) is 0 Å². The summed E-state index contributed by atoms with van der Waals surface area (Å²) in [7, 11) is -0.227. The van der Waals surface area contributed by atoms with E-state index in [0.717, 1.165) is 25.9 Å². The average molecular weight is 305 g/mol. The van der Waals surface area contributed by atoms with Gasteiger partial charge in [0, 0.05) is 18.8 Å². The molecule has 124 valence electrons. The maximum absolute atomic E-state index is 6.19. The molecule has 0 spiro atoms. The second-order valence-electron chi connectivity index (χ2n) is 8.88. The van der Waals surface area contributed by atoms with Gasteiger partial charge in [0.25, 0.3) is 0 Å². The molecule has 0 atom stereocenters. The molecule has 2 heterocycles. The van der Waals surface area contributed by atoms with Crippen LogP contribution in [0.1, 0.15) is 61.3 Å². The molecule has 2 aliphatic heterocycles. The fourth-order valence-corrected chi connectivity index (χ4v) is 2.93. The summed E-state index contributed by atoms with van der Waals surface area (Å²) in [4.78, 5) is 2.38. The van der Waals surface area contributed by atoms with Crippen molar-refractivity contribution in [2.75, 3.05) is 13.1 Å². The van der Waals surface area contributed by atoms with Crippen LogP contribution in [0.3, 0.4) is 0 Å². The molecule has 0 aromatic carbocycles. The highest BCUT2D eigenvalue weighted by atomic mass is 16.7. The lowest BCUT2D eigenvalue weighted by Gasteiger charge is -2.34. The third-order valence-corrected chi connectivity index (χ3v) is 4.92. The van der Waals surface area contributed by atoms with Gasteiger partial charge in [-0.2, -0.15) is 0 Å². The summed E-state index contributed by atoms with van der Waals surface area (Å²) < 4.78 is 12.4. The van der Waals surface area contributed by atoms with Crippen molar-refractivity contribution in [2.24, 2.45) is 5.41 Å². The predicted octanol–water partition coefficient (Wildman–Crippen LogP) is 4.20. The lowest BCUT2D eigenvalue weighted by Crippen LogP contribution is -2.41. The van der Waals surface area contributed by atoms with E-state index in [1.54, 1.807) is 0 Å². The zero-order valence-electron chi connectivity index (χ0n) is 15.5. The van der Waals surface area contributed by atoms with E-state index in [4.69, 9.17) is 9.31 Å². The van der Waals surface area contributed by atoms with Crippen molar-refractivity contribution >= 4 is 7.12 Å². The molecule has 1 saturated heterocycles. The third kappa shape index (κ3) is 3.77. The van der Waals surface area contributed by atoms with Crippen LogP contribution < -0.4 is 0 Å². The number of hydrogen-bond donors (Lipinski definition) is 0. The first-order valence-electron chi connectivity index (χ1n) is 8.39. The molecule has 0 N–H and O–H groups in total. The maximum atomic E-state index is 6.19. The van der Waals surface area contributed by atoms with Gasteiger partial charge in [0.05, 0.1) is 11.2 Å². The molecule has 0 amide bonds. The minimum absolute atomic E-state index is 0.227. The molecule has 4 heteroatoms. The summed E-state index contributed by atoms with van der Waals surface area (Å²) in [5.74, 6) is 0. The molecule has 2 aliphatic rings. The van der Waals surface area contributed by atoms with Gasteiger partial charge >= 0.3 is 7.12 Å². The first-order chi connectivity index (χ1) is 9.91. The Hall–Kier alpha value is -0.735. The molecule has 0 bridgehead atoms. The minimum atomic E-state index is -0.275. The number of allylic oxidation sites excluding steroid dienone is 1. The molecule has 3 nitrogen and oxygen atoms in total. The van der Waals surface area contributed by atoms with Crippen LogP contribution in [0.2, 0.25) is 0 Å². The van der Waals surface area contributed by atoms with E-state index in [2.05, 4.69) is 66.0 Å². The topological polar surface area (TPSA) is 21.7 Å². The van der Waals surface area contributed by atoms with E-state index < -0.39 is 0 Å². The first-order valence-corrected chi connectivity index (χ1v) is 8.39. The van der Waals surface area contributed by atoms with Crippen molar-refractivity contribution in [3.63, 3.8) is 0 Å². The monoisotopic (exact) mass is 305 g/mol. The number of rotatable bonds is 3. The van der Waals surface area contributed by atoms with E-state index in [9.17, 15) is 0 Å². The van der Waals surface area contributed by atoms with Crippen molar-refractivity contribution in [1.29, 1.82) is 0 Å². The molecular weight excluding hydrogens is 273 g/mol. The van der Waals surface area contributed by atoms with Crippen molar-refractivity contribution < 1.29 is 9.31 Å². The first kappa shape index (κ1) is 17.6. The van der Waals surface area contributed by atoms with Gasteiger partial charge in [-0.05, 0) is 51.4 Å². The molecular formula is C18H32BNO2. The van der Waals surface area contributed by atoms with Gasteiger partial charge < -0.3 is 14.2 Å². The van der Waals surface area contributed by atoms with Crippen molar-refractivity contribution in [3.8, 4) is 0 Å². The zero-order chi connectivity index (χ0) is 16.8. The Kier molecular flexibility index (Phi) is 4.58. The van der Waals surface area contributed by atoms with Crippen LogP contribution in [0.15, 0.2) is 23.8 Å². The Bertz CT molecular complexity index is 458. The average Bonchev–Trinajstić information content (AvgIpc) is 2.57. The second kappa shape index (κ2) is 5.72. The third-order valence-electron chi connectivity index (χ3n) is 4.92. The normalized spacial score (nSPS) is 24.4. The minimum Gasteiger partial charge on any atom is -0.400 e. The standard InChI is InChI=1S/C18H32BNO2/c1-14(12-16(2,3)4)20-11-9-10-15(13-20)19-21-17(5,6)18(7,8)22-19/h10H,1,9,11-13H2,2-8H3. The summed E-state index contributed by atoms with van der Waals surface area (Å²) in [6.45, 7) is 21.4. The Labute approximate surface area is 136 Å². The lowest BCUT2D eigenvalue weighted by atomic mass is 9.75. The van der Waals surface area contributed by atoms with Crippen molar-refractivity contribution in [2.45, 2.75) is 72.5 Å². The van der Waals surface area contributed by atoms with E-state index in [-0.39, 0.29) is 23.7 Å². The van der Waals surface area contributed by atoms with E-state index in [1.165, 1.54) is 11.2 Å². The summed E-state index contributed by atoms with van der Waals surface area (Å²) >= 11 is 0. The molecule has 1 fully saturated rings. The Morgan fingerprint density at radius 2 is 1.77 bits per heavy atom. The molecule has 0 saturated carbocycles. The maximum Gasteiger partial charge on any atom is 0.492 e. The van der Waals surface area contributed by atoms with E-state index in [1.807, 2.05) is 0 Å². The van der Waals surface area contributed by atoms with Crippen LogP contribution in [0.4, 0.5) is 0 Å². The quantitative estimate of drug-likeness (QED) is 0.729. The number of nitrogens with zero attached hydrogens (tertiary/aromatic N) is 1. The van der Waals surface area contributed by atoms with E-state index >= 15 is 0 Å². The molecule has 0 aliphatic carbocycles. The predicted molar refractivity (Wildman–Crippen MR) is 93.6 cm³/mol. The van der Waals surface area contributed by atoms with Crippen LogP contribution in [0.5, 0.6) is 0 Å². The van der Waals surface area contributed by atoms with Crippen LogP contribution in [0.25, 0.3) is 0 Å². The van der Waals surface area contributed by atoms with Gasteiger partial charge in [-0.15, -0.1) is 0 Å². The summed E-state index contributed by atoms with van der Waals surface area (Å²) in [5.41, 5.74) is 2.17. The van der Waals surface area contributed by atoms with Gasteiger partial charge in [-0.1, -0.05) is 33.4 Å². The Morgan fingerprint density at radius 3 is 2.27 bits per heavy atom. The van der Waals surface area contributed by atoms with Gasteiger partial charge in [-0.25, -0.2) is 0 Å². The van der Waals surface area contributed by atoms with Crippen LogP contribution in [-0.2, 0) is 9.31 Å². The molecule has 0 aromatic rings. The number of hydrogen-bond acceptors (Lipinski definition) is 3. The largest absolute Gasteiger partial charge is 0.492 e. The highest BCUT2D eigenvalue weighted by Gasteiger charge is 2.52. The van der Waals surface area contributed by atoms with Crippen LogP contribution in [0, 0.1) is 5.41 Å². The summed E-state index contributed by atoms with van der Waals surface area (Å²) in [6, 6.07) is 0. The van der Waals surface area contributed by atoms with Crippen molar-refractivity contribution in [3.05, 3.63) is 23.8 Å². The molecule has 0 aromatic heterocycles. The fourth-order valence-electron chi connectivity index (χ4n) is 2.93. The second-order valence-corrected chi connectivity index (χ2v) is 8.88. The highest BCUT2D eigenvalue weighted by Crippen LogP contribution is 2.39. The van der Waals surface area contributed by atoms with Crippen LogP contribution in [-0.4, -0.2) is 36.3 Å². The zero-order valence-corrected chi connectivity index (χ0v) is 15.5. The molecule has 22 heavy (non-hydrogen) atoms. The van der Waals surface area contributed by atoms with Crippen LogP contribution >= 0.6 is 0 Å². The molecule has 0 radical (unpaired) electrons.